The molecule has 1 unspecified atom stereocenters. The highest BCUT2D eigenvalue weighted by atomic mass is 35.5. The van der Waals surface area contributed by atoms with Crippen molar-refractivity contribution < 1.29 is 22.7 Å². The molecule has 32 heavy (non-hydrogen) atoms. The molecule has 2 aromatic rings. The first-order chi connectivity index (χ1) is 15.2. The Morgan fingerprint density at radius 2 is 2.03 bits per heavy atom. The Balaban J connectivity index is 1.47. The lowest BCUT2D eigenvalue weighted by atomic mass is 9.87. The van der Waals surface area contributed by atoms with Gasteiger partial charge in [-0.05, 0) is 43.7 Å². The molecule has 2 atom stereocenters. The molecule has 0 spiro atoms. The maximum absolute atomic E-state index is 14.6. The third kappa shape index (κ3) is 4.46. The first-order valence-electron chi connectivity index (χ1n) is 10.5. The molecule has 3 N–H and O–H groups in total. The van der Waals surface area contributed by atoms with Crippen LogP contribution < -0.4 is 11.1 Å². The zero-order valence-electron chi connectivity index (χ0n) is 17.5. The average molecular weight is 469 g/mol. The van der Waals surface area contributed by atoms with E-state index in [1.54, 1.807) is 6.92 Å². The number of alkyl halides is 2. The predicted octanol–water partition coefficient (Wildman–Crippen LogP) is 4.17. The molecule has 1 fully saturated rings. The van der Waals surface area contributed by atoms with Crippen molar-refractivity contribution in [3.05, 3.63) is 51.7 Å². The van der Waals surface area contributed by atoms with E-state index < -0.39 is 29.4 Å². The molecule has 2 heterocycles. The molecular weight excluding hydrogens is 445 g/mol. The fraction of sp³-hybridized carbons (Fsp3) is 0.500. The van der Waals surface area contributed by atoms with Crippen LogP contribution in [0.15, 0.2) is 18.2 Å². The van der Waals surface area contributed by atoms with Crippen LogP contribution >= 0.6 is 11.6 Å². The lowest BCUT2D eigenvalue weighted by molar-refractivity contribution is -0.141. The number of carbonyl (C=O) groups excluding carboxylic acids is 1. The minimum Gasteiger partial charge on any atom is -0.376 e. The lowest BCUT2D eigenvalue weighted by Crippen LogP contribution is -2.63. The van der Waals surface area contributed by atoms with Gasteiger partial charge in [-0.15, -0.1) is 0 Å². The van der Waals surface area contributed by atoms with Gasteiger partial charge in [-0.1, -0.05) is 18.2 Å². The molecule has 10 heteroatoms. The quantitative estimate of drug-likeness (QED) is 0.565. The Labute approximate surface area is 188 Å². The summed E-state index contributed by atoms with van der Waals surface area (Å²) in [5, 5.41) is 3.16. The van der Waals surface area contributed by atoms with Crippen molar-refractivity contribution in [1.82, 2.24) is 9.97 Å². The minimum absolute atomic E-state index is 0.00909. The number of ether oxygens (including phenoxy) is 1. The van der Waals surface area contributed by atoms with E-state index in [4.69, 9.17) is 22.1 Å². The van der Waals surface area contributed by atoms with Gasteiger partial charge >= 0.3 is 0 Å². The summed E-state index contributed by atoms with van der Waals surface area (Å²) in [6.07, 6.45) is -0.641. The normalized spacial score (nSPS) is 20.0. The largest absolute Gasteiger partial charge is 0.376 e. The third-order valence-corrected chi connectivity index (χ3v) is 6.38. The maximum atomic E-state index is 14.6. The van der Waals surface area contributed by atoms with Crippen LogP contribution in [0.1, 0.15) is 54.6 Å². The van der Waals surface area contributed by atoms with E-state index in [-0.39, 0.29) is 35.8 Å². The highest BCUT2D eigenvalue weighted by Gasteiger charge is 2.41. The molecule has 4 rings (SSSR count). The second-order valence-electron chi connectivity index (χ2n) is 8.57. The van der Waals surface area contributed by atoms with Crippen LogP contribution in [0.2, 0.25) is 5.28 Å². The summed E-state index contributed by atoms with van der Waals surface area (Å²) >= 11 is 6.10. The number of halogens is 4. The van der Waals surface area contributed by atoms with E-state index in [9.17, 15) is 18.0 Å². The van der Waals surface area contributed by atoms with Gasteiger partial charge in [0.05, 0.1) is 30.5 Å². The van der Waals surface area contributed by atoms with Gasteiger partial charge < -0.3 is 15.8 Å². The van der Waals surface area contributed by atoms with Gasteiger partial charge in [0.15, 0.2) is 5.78 Å². The molecule has 0 amide bonds. The molecule has 172 valence electrons. The number of nitrogens with two attached hydrogens (primary N) is 1. The Bertz CT molecular complexity index is 1030. The van der Waals surface area contributed by atoms with Crippen LogP contribution in [0.4, 0.5) is 19.0 Å². The van der Waals surface area contributed by atoms with Crippen LogP contribution in [0.5, 0.6) is 0 Å². The van der Waals surface area contributed by atoms with E-state index in [2.05, 4.69) is 15.3 Å². The number of aromatic nitrogens is 2. The summed E-state index contributed by atoms with van der Waals surface area (Å²) in [6, 6.07) is 3.31. The number of hydrogen-bond donors (Lipinski definition) is 2. The number of benzene rings is 1. The van der Waals surface area contributed by atoms with Crippen LogP contribution in [0.3, 0.4) is 0 Å². The number of rotatable bonds is 8. The summed E-state index contributed by atoms with van der Waals surface area (Å²) in [6.45, 7) is 2.18. The standard InChI is InChI=1S/C22H24ClF3N4O2/c1-11(13-3-2-4-14(18(13)24)19(25)26)28-20-15-7-12(8-16(15)29-21(23)30-20)5-6-17(31)22(27)9-32-10-22/h2-4,11-12,19H,5-10,27H2,1H3,(H,28,29,30)/t11-,12?/m1/s1. The van der Waals surface area contributed by atoms with Gasteiger partial charge in [0.1, 0.15) is 17.2 Å². The number of nitrogens with one attached hydrogen (secondary N) is 1. The molecule has 1 aliphatic heterocycles. The smallest absolute Gasteiger partial charge is 0.266 e. The Hall–Kier alpha value is -2.23. The van der Waals surface area contributed by atoms with E-state index in [1.807, 2.05) is 0 Å². The van der Waals surface area contributed by atoms with E-state index in [1.165, 1.54) is 12.1 Å². The van der Waals surface area contributed by atoms with Gasteiger partial charge in [-0.25, -0.2) is 23.1 Å². The Morgan fingerprint density at radius 3 is 2.69 bits per heavy atom. The second-order valence-corrected chi connectivity index (χ2v) is 8.91. The average Bonchev–Trinajstić information content (AvgIpc) is 3.13. The fourth-order valence-electron chi connectivity index (χ4n) is 4.26. The van der Waals surface area contributed by atoms with Gasteiger partial charge in [0, 0.05) is 17.5 Å². The van der Waals surface area contributed by atoms with Crippen LogP contribution in [0, 0.1) is 11.7 Å². The van der Waals surface area contributed by atoms with E-state index in [0.29, 0.717) is 31.5 Å². The second kappa shape index (κ2) is 8.96. The van der Waals surface area contributed by atoms with E-state index >= 15 is 0 Å². The predicted molar refractivity (Wildman–Crippen MR) is 113 cm³/mol. The number of hydrogen-bond acceptors (Lipinski definition) is 6. The van der Waals surface area contributed by atoms with Crippen LogP contribution in [-0.4, -0.2) is 34.5 Å². The first kappa shape index (κ1) is 22.9. The maximum Gasteiger partial charge on any atom is 0.266 e. The van der Waals surface area contributed by atoms with Crippen molar-refractivity contribution in [2.45, 2.75) is 50.6 Å². The molecule has 1 aromatic heterocycles. The van der Waals surface area contributed by atoms with Crippen molar-refractivity contribution in [2.75, 3.05) is 18.5 Å². The number of Topliss-reactive ketones (excluding diaryl/α,β-unsaturated/α-hetero) is 1. The number of anilines is 1. The molecule has 0 radical (unpaired) electrons. The number of fused-ring (bicyclic) bond motifs is 1. The van der Waals surface area contributed by atoms with Crippen molar-refractivity contribution in [3.8, 4) is 0 Å². The third-order valence-electron chi connectivity index (χ3n) is 6.21. The summed E-state index contributed by atoms with van der Waals surface area (Å²) in [4.78, 5) is 20.9. The Morgan fingerprint density at radius 1 is 1.31 bits per heavy atom. The zero-order chi connectivity index (χ0) is 23.0. The molecule has 0 bridgehead atoms. The molecule has 1 aliphatic carbocycles. The lowest BCUT2D eigenvalue weighted by Gasteiger charge is -2.36. The highest BCUT2D eigenvalue weighted by Crippen LogP contribution is 2.36. The van der Waals surface area contributed by atoms with Gasteiger partial charge in [0.2, 0.25) is 5.28 Å². The number of carbonyl (C=O) groups is 1. The molecule has 6 nitrogen and oxygen atoms in total. The van der Waals surface area contributed by atoms with Crippen molar-refractivity contribution in [2.24, 2.45) is 11.7 Å². The van der Waals surface area contributed by atoms with Crippen molar-refractivity contribution >= 4 is 23.2 Å². The van der Waals surface area contributed by atoms with Crippen LogP contribution in [0.25, 0.3) is 0 Å². The zero-order valence-corrected chi connectivity index (χ0v) is 18.3. The highest BCUT2D eigenvalue weighted by molar-refractivity contribution is 6.28. The number of nitrogens with zero attached hydrogens (tertiary/aromatic N) is 2. The topological polar surface area (TPSA) is 90.1 Å². The van der Waals surface area contributed by atoms with Gasteiger partial charge in [0.25, 0.3) is 6.43 Å². The summed E-state index contributed by atoms with van der Waals surface area (Å²) in [5.41, 5.74) is 6.23. The molecule has 2 aliphatic rings. The summed E-state index contributed by atoms with van der Waals surface area (Å²) in [7, 11) is 0. The Kier molecular flexibility index (Phi) is 6.42. The van der Waals surface area contributed by atoms with Gasteiger partial charge in [-0.2, -0.15) is 0 Å². The minimum atomic E-state index is -2.90. The SMILES string of the molecule is C[C@@H](Nc1nc(Cl)nc2c1CC(CCC(=O)C1(N)COC1)C2)c1cccc(C(F)F)c1F. The summed E-state index contributed by atoms with van der Waals surface area (Å²) < 4.78 is 45.8. The number of ketones is 1. The summed E-state index contributed by atoms with van der Waals surface area (Å²) in [5.74, 6) is -0.330. The first-order valence-corrected chi connectivity index (χ1v) is 10.8. The molecule has 1 saturated heterocycles. The van der Waals surface area contributed by atoms with Crippen molar-refractivity contribution in [3.63, 3.8) is 0 Å². The molecular formula is C22H24ClF3N4O2. The van der Waals surface area contributed by atoms with Crippen molar-refractivity contribution in [1.29, 1.82) is 0 Å². The monoisotopic (exact) mass is 468 g/mol. The van der Waals surface area contributed by atoms with Crippen LogP contribution in [-0.2, 0) is 22.4 Å². The molecule has 0 saturated carbocycles. The van der Waals surface area contributed by atoms with Gasteiger partial charge in [-0.3, -0.25) is 4.79 Å². The molecule has 1 aromatic carbocycles. The fourth-order valence-corrected chi connectivity index (χ4v) is 4.45. The van der Waals surface area contributed by atoms with E-state index in [0.717, 1.165) is 17.3 Å².